The first-order valence-corrected chi connectivity index (χ1v) is 9.72. The lowest BCUT2D eigenvalue weighted by Gasteiger charge is -2.29. The van der Waals surface area contributed by atoms with Crippen LogP contribution >= 0.6 is 11.8 Å². The van der Waals surface area contributed by atoms with Crippen LogP contribution in [0.15, 0.2) is 47.4 Å². The molecule has 0 amide bonds. The highest BCUT2D eigenvalue weighted by molar-refractivity contribution is 7.99. The molecule has 5 heteroatoms. The van der Waals surface area contributed by atoms with Crippen LogP contribution in [0.2, 0.25) is 0 Å². The molecule has 1 aliphatic heterocycles. The number of rotatable bonds is 6. The molecule has 1 fully saturated rings. The fourth-order valence-electron chi connectivity index (χ4n) is 2.85. The van der Waals surface area contributed by atoms with Crippen LogP contribution in [0, 0.1) is 13.8 Å². The highest BCUT2D eigenvalue weighted by Gasteiger charge is 2.46. The third-order valence-corrected chi connectivity index (χ3v) is 5.60. The molecule has 0 aromatic heterocycles. The molecule has 140 valence electrons. The minimum atomic E-state index is -0.623. The lowest BCUT2D eigenvalue weighted by atomic mass is 10.1. The minimum absolute atomic E-state index is 0.313. The first kappa shape index (κ1) is 19.1. The quantitative estimate of drug-likeness (QED) is 0.743. The molecule has 2 aromatic carbocycles. The number of hydrogen-bond donors (Lipinski definition) is 1. The first-order chi connectivity index (χ1) is 12.3. The largest absolute Gasteiger partial charge is 0.508 e. The molecule has 0 radical (unpaired) electrons. The number of phenols is 1. The molecule has 26 heavy (non-hydrogen) atoms. The van der Waals surface area contributed by atoms with Gasteiger partial charge in [0.1, 0.15) is 23.7 Å². The van der Waals surface area contributed by atoms with Crippen LogP contribution in [0.1, 0.15) is 25.0 Å². The molecule has 1 unspecified atom stereocenters. The Labute approximate surface area is 159 Å². The van der Waals surface area contributed by atoms with E-state index in [0.29, 0.717) is 24.7 Å². The van der Waals surface area contributed by atoms with Gasteiger partial charge in [0.15, 0.2) is 5.79 Å². The van der Waals surface area contributed by atoms with E-state index >= 15 is 0 Å². The molecule has 1 N–H and O–H groups in total. The number of phenolic OH excluding ortho intramolecular Hbond substituents is 1. The van der Waals surface area contributed by atoms with Gasteiger partial charge in [-0.25, -0.2) is 0 Å². The molecule has 1 heterocycles. The highest BCUT2D eigenvalue weighted by atomic mass is 32.2. The second-order valence-electron chi connectivity index (χ2n) is 7.31. The molecule has 0 aliphatic carbocycles. The number of thioether (sulfide) groups is 1. The summed E-state index contributed by atoms with van der Waals surface area (Å²) in [6, 6.07) is 13.6. The van der Waals surface area contributed by atoms with Crippen LogP contribution in [-0.4, -0.2) is 35.5 Å². The molecule has 1 atom stereocenters. The minimum Gasteiger partial charge on any atom is -0.508 e. The van der Waals surface area contributed by atoms with Crippen LogP contribution in [0.4, 0.5) is 0 Å². The number of aryl methyl sites for hydroxylation is 2. The summed E-state index contributed by atoms with van der Waals surface area (Å²) in [4.78, 5) is 1.09. The van der Waals surface area contributed by atoms with Gasteiger partial charge in [0.05, 0.1) is 6.61 Å². The Morgan fingerprint density at radius 1 is 1.12 bits per heavy atom. The number of aromatic hydroxyl groups is 1. The van der Waals surface area contributed by atoms with E-state index in [0.717, 1.165) is 16.2 Å². The highest BCUT2D eigenvalue weighted by Crippen LogP contribution is 2.36. The van der Waals surface area contributed by atoms with E-state index in [-0.39, 0.29) is 0 Å². The standard InChI is InChI=1S/C21H26O4S/c1-15-5-7-17(8-6-15)23-12-21(13-24-20(3,4)25-21)14-26-18-9-10-19(22)16(2)11-18/h5-11,22H,12-14H2,1-4H3. The Balaban J connectivity index is 1.69. The van der Waals surface area contributed by atoms with E-state index in [4.69, 9.17) is 14.2 Å². The van der Waals surface area contributed by atoms with E-state index in [1.54, 1.807) is 17.8 Å². The molecule has 1 aliphatic rings. The van der Waals surface area contributed by atoms with Gasteiger partial charge in [-0.15, -0.1) is 11.8 Å². The van der Waals surface area contributed by atoms with E-state index < -0.39 is 11.4 Å². The molecule has 0 saturated carbocycles. The zero-order chi connectivity index (χ0) is 18.8. The summed E-state index contributed by atoms with van der Waals surface area (Å²) >= 11 is 1.68. The molecule has 2 aromatic rings. The van der Waals surface area contributed by atoms with Crippen LogP contribution in [0.3, 0.4) is 0 Å². The van der Waals surface area contributed by atoms with Gasteiger partial charge in [0.25, 0.3) is 0 Å². The van der Waals surface area contributed by atoms with E-state index in [1.165, 1.54) is 5.56 Å². The number of benzene rings is 2. The fraction of sp³-hybridized carbons (Fsp3) is 0.429. The maximum absolute atomic E-state index is 9.70. The summed E-state index contributed by atoms with van der Waals surface area (Å²) in [5.41, 5.74) is 1.54. The van der Waals surface area contributed by atoms with Gasteiger partial charge in [-0.1, -0.05) is 17.7 Å². The summed E-state index contributed by atoms with van der Waals surface area (Å²) in [5.74, 6) is 1.22. The van der Waals surface area contributed by atoms with Gasteiger partial charge >= 0.3 is 0 Å². The van der Waals surface area contributed by atoms with Crippen molar-refractivity contribution in [2.75, 3.05) is 19.0 Å². The fourth-order valence-corrected chi connectivity index (χ4v) is 3.93. The maximum Gasteiger partial charge on any atom is 0.163 e. The Hall–Kier alpha value is -1.69. The lowest BCUT2D eigenvalue weighted by molar-refractivity contribution is -0.161. The van der Waals surface area contributed by atoms with Crippen molar-refractivity contribution in [3.63, 3.8) is 0 Å². The van der Waals surface area contributed by atoms with Gasteiger partial charge in [0.2, 0.25) is 0 Å². The summed E-state index contributed by atoms with van der Waals surface area (Å²) in [7, 11) is 0. The zero-order valence-electron chi connectivity index (χ0n) is 15.7. The predicted molar refractivity (Wildman–Crippen MR) is 104 cm³/mol. The average Bonchev–Trinajstić information content (AvgIpc) is 2.91. The summed E-state index contributed by atoms with van der Waals surface area (Å²) in [6.07, 6.45) is 0. The van der Waals surface area contributed by atoms with Gasteiger partial charge in [0, 0.05) is 10.6 Å². The van der Waals surface area contributed by atoms with E-state index in [1.807, 2.05) is 57.2 Å². The van der Waals surface area contributed by atoms with Crippen molar-refractivity contribution in [1.29, 1.82) is 0 Å². The smallest absolute Gasteiger partial charge is 0.163 e. The topological polar surface area (TPSA) is 47.9 Å². The Kier molecular flexibility index (Phi) is 5.51. The molecule has 4 nitrogen and oxygen atoms in total. The van der Waals surface area contributed by atoms with Crippen LogP contribution in [0.25, 0.3) is 0 Å². The Bertz CT molecular complexity index is 757. The second-order valence-corrected chi connectivity index (χ2v) is 8.36. The van der Waals surface area contributed by atoms with Crippen LogP contribution < -0.4 is 4.74 Å². The first-order valence-electron chi connectivity index (χ1n) is 8.73. The van der Waals surface area contributed by atoms with Gasteiger partial charge in [-0.05, 0) is 63.6 Å². The van der Waals surface area contributed by atoms with Crippen molar-refractivity contribution < 1.29 is 19.3 Å². The lowest BCUT2D eigenvalue weighted by Crippen LogP contribution is -2.43. The Morgan fingerprint density at radius 2 is 1.85 bits per heavy atom. The third kappa shape index (κ3) is 4.72. The SMILES string of the molecule is Cc1ccc(OCC2(CSc3ccc(O)c(C)c3)COC(C)(C)O2)cc1. The summed E-state index contributed by atoms with van der Waals surface area (Å²) in [5, 5.41) is 9.70. The summed E-state index contributed by atoms with van der Waals surface area (Å²) in [6.45, 7) is 8.71. The Morgan fingerprint density at radius 3 is 2.46 bits per heavy atom. The molecule has 0 spiro atoms. The van der Waals surface area contributed by atoms with E-state index in [2.05, 4.69) is 6.92 Å². The van der Waals surface area contributed by atoms with Crippen molar-refractivity contribution >= 4 is 11.8 Å². The predicted octanol–water partition coefficient (Wildman–Crippen LogP) is 4.70. The second kappa shape index (κ2) is 7.51. The van der Waals surface area contributed by atoms with Gasteiger partial charge in [-0.2, -0.15) is 0 Å². The molecular formula is C21H26O4S. The van der Waals surface area contributed by atoms with Crippen molar-refractivity contribution in [3.8, 4) is 11.5 Å². The van der Waals surface area contributed by atoms with Crippen molar-refractivity contribution in [2.45, 2.75) is 44.0 Å². The number of ether oxygens (including phenoxy) is 3. The van der Waals surface area contributed by atoms with Crippen molar-refractivity contribution in [1.82, 2.24) is 0 Å². The van der Waals surface area contributed by atoms with Gasteiger partial charge in [-0.3, -0.25) is 0 Å². The zero-order valence-corrected chi connectivity index (χ0v) is 16.6. The average molecular weight is 375 g/mol. The normalized spacial score (nSPS) is 21.7. The van der Waals surface area contributed by atoms with Crippen molar-refractivity contribution in [2.24, 2.45) is 0 Å². The maximum atomic E-state index is 9.70. The monoisotopic (exact) mass is 374 g/mol. The third-order valence-electron chi connectivity index (χ3n) is 4.34. The number of hydrogen-bond acceptors (Lipinski definition) is 5. The molecular weight excluding hydrogens is 348 g/mol. The molecule has 0 bridgehead atoms. The molecule has 1 saturated heterocycles. The van der Waals surface area contributed by atoms with E-state index in [9.17, 15) is 5.11 Å². The summed E-state index contributed by atoms with van der Waals surface area (Å²) < 4.78 is 18.1. The van der Waals surface area contributed by atoms with Crippen LogP contribution in [0.5, 0.6) is 11.5 Å². The van der Waals surface area contributed by atoms with Crippen molar-refractivity contribution in [3.05, 3.63) is 53.6 Å². The van der Waals surface area contributed by atoms with Gasteiger partial charge < -0.3 is 19.3 Å². The van der Waals surface area contributed by atoms with Crippen LogP contribution in [-0.2, 0) is 9.47 Å². The molecule has 3 rings (SSSR count).